The van der Waals surface area contributed by atoms with Gasteiger partial charge in [-0.2, -0.15) is 0 Å². The van der Waals surface area contributed by atoms with E-state index < -0.39 is 8.56 Å². The molecule has 0 N–H and O–H groups in total. The minimum atomic E-state index is -2.27. The van der Waals surface area contributed by atoms with Gasteiger partial charge in [-0.15, -0.1) is 0 Å². The molecule has 28 heavy (non-hydrogen) atoms. The molecule has 0 aromatic heterocycles. The van der Waals surface area contributed by atoms with E-state index in [1.165, 1.54) is 77.0 Å². The lowest BCUT2D eigenvalue weighted by Crippen LogP contribution is -2.39. The van der Waals surface area contributed by atoms with Crippen molar-refractivity contribution in [2.45, 2.75) is 96.9 Å². The van der Waals surface area contributed by atoms with Gasteiger partial charge in [0.2, 0.25) is 0 Å². The third-order valence-corrected chi connectivity index (χ3v) is 7.39. The van der Waals surface area contributed by atoms with Crippen LogP contribution < -0.4 is 0 Å². The lowest BCUT2D eigenvalue weighted by atomic mass is 10.0. The van der Waals surface area contributed by atoms with Crippen molar-refractivity contribution in [1.82, 2.24) is 0 Å². The zero-order valence-electron chi connectivity index (χ0n) is 19.3. The lowest BCUT2D eigenvalue weighted by Gasteiger charge is -2.23. The van der Waals surface area contributed by atoms with Gasteiger partial charge in [-0.25, -0.2) is 0 Å². The van der Waals surface area contributed by atoms with Crippen molar-refractivity contribution < 1.29 is 18.3 Å². The number of hydrogen-bond acceptors (Lipinski definition) is 4. The Morgan fingerprint density at radius 3 is 1.46 bits per heavy atom. The van der Waals surface area contributed by atoms with Crippen molar-refractivity contribution in [3.05, 3.63) is 11.8 Å². The Kier molecular flexibility index (Phi) is 21.3. The van der Waals surface area contributed by atoms with E-state index in [1.807, 2.05) is 0 Å². The third-order valence-electron chi connectivity index (χ3n) is 5.00. The molecule has 5 heteroatoms. The number of hydrogen-bond donors (Lipinski definition) is 0. The van der Waals surface area contributed by atoms with E-state index in [9.17, 15) is 0 Å². The van der Waals surface area contributed by atoms with Crippen LogP contribution in [0.15, 0.2) is 11.8 Å². The summed E-state index contributed by atoms with van der Waals surface area (Å²) in [7, 11) is 1.12. The molecule has 0 aromatic rings. The molecule has 0 aliphatic carbocycles. The summed E-state index contributed by atoms with van der Waals surface area (Å²) >= 11 is 0. The SMILES string of the molecule is CCCCCCCCCCCCCCC=C[Si](C)(OCCOC)OCCOC. The van der Waals surface area contributed by atoms with Crippen molar-refractivity contribution in [2.75, 3.05) is 40.6 Å². The van der Waals surface area contributed by atoms with Gasteiger partial charge in [-0.05, 0) is 25.1 Å². The minimum absolute atomic E-state index is 0.579. The topological polar surface area (TPSA) is 36.9 Å². The molecule has 0 unspecified atom stereocenters. The van der Waals surface area contributed by atoms with Crippen LogP contribution in [0.25, 0.3) is 0 Å². The van der Waals surface area contributed by atoms with E-state index in [0.717, 1.165) is 6.42 Å². The Morgan fingerprint density at radius 1 is 0.607 bits per heavy atom. The Bertz CT molecular complexity index is 327. The van der Waals surface area contributed by atoms with Crippen LogP contribution in [0.2, 0.25) is 6.55 Å². The molecule has 0 saturated heterocycles. The molecule has 0 fully saturated rings. The Balaban J connectivity index is 3.70. The molecule has 0 aliphatic rings. The van der Waals surface area contributed by atoms with Gasteiger partial charge < -0.3 is 18.3 Å². The van der Waals surface area contributed by atoms with Crippen LogP contribution in [0.5, 0.6) is 0 Å². The molecule has 4 nitrogen and oxygen atoms in total. The molecule has 168 valence electrons. The van der Waals surface area contributed by atoms with Crippen molar-refractivity contribution in [3.8, 4) is 0 Å². The number of unbranched alkanes of at least 4 members (excludes halogenated alkanes) is 12. The van der Waals surface area contributed by atoms with Crippen LogP contribution in [0.3, 0.4) is 0 Å². The van der Waals surface area contributed by atoms with Gasteiger partial charge in [0.25, 0.3) is 0 Å². The summed E-state index contributed by atoms with van der Waals surface area (Å²) in [5.41, 5.74) is 2.18. The molecule has 0 aliphatic heterocycles. The van der Waals surface area contributed by atoms with Crippen molar-refractivity contribution in [3.63, 3.8) is 0 Å². The summed E-state index contributed by atoms with van der Waals surface area (Å²) in [5.74, 6) is 0. The number of rotatable bonds is 22. The van der Waals surface area contributed by atoms with Gasteiger partial charge in [0.15, 0.2) is 0 Å². The van der Waals surface area contributed by atoms with Gasteiger partial charge in [0.1, 0.15) is 0 Å². The van der Waals surface area contributed by atoms with Gasteiger partial charge in [-0.3, -0.25) is 0 Å². The zero-order valence-corrected chi connectivity index (χ0v) is 20.3. The standard InChI is InChI=1S/C23H48O4Si/c1-5-6-7-8-9-10-11-12-13-14-15-16-17-18-23-28(4,26-21-19-24-2)27-22-20-25-3/h18,23H,5-17,19-22H2,1-4H3. The van der Waals surface area contributed by atoms with E-state index in [2.05, 4.69) is 25.2 Å². The van der Waals surface area contributed by atoms with Crippen molar-refractivity contribution >= 4 is 8.56 Å². The Hall–Kier alpha value is -0.203. The smallest absolute Gasteiger partial charge is 0.361 e. The first-order valence-corrected chi connectivity index (χ1v) is 14.0. The van der Waals surface area contributed by atoms with Gasteiger partial charge in [0, 0.05) is 14.2 Å². The first kappa shape index (κ1) is 27.8. The van der Waals surface area contributed by atoms with E-state index in [-0.39, 0.29) is 0 Å². The average molecular weight is 417 g/mol. The summed E-state index contributed by atoms with van der Waals surface area (Å²) in [6.45, 7) is 6.73. The summed E-state index contributed by atoms with van der Waals surface area (Å²) < 4.78 is 22.1. The number of methoxy groups -OCH3 is 2. The Morgan fingerprint density at radius 2 is 1.04 bits per heavy atom. The zero-order chi connectivity index (χ0) is 20.8. The lowest BCUT2D eigenvalue weighted by molar-refractivity contribution is 0.0936. The molecule has 0 aromatic carbocycles. The van der Waals surface area contributed by atoms with Crippen LogP contribution in [-0.2, 0) is 18.3 Å². The van der Waals surface area contributed by atoms with E-state index >= 15 is 0 Å². The maximum atomic E-state index is 5.98. The number of allylic oxidation sites excluding steroid dienone is 1. The van der Waals surface area contributed by atoms with Crippen LogP contribution in [0.1, 0.15) is 90.4 Å². The first-order valence-electron chi connectivity index (χ1n) is 11.6. The fraction of sp³-hybridized carbons (Fsp3) is 0.913. The summed E-state index contributed by atoms with van der Waals surface area (Å²) in [6.07, 6.45) is 20.0. The van der Waals surface area contributed by atoms with Crippen molar-refractivity contribution in [1.29, 1.82) is 0 Å². The quantitative estimate of drug-likeness (QED) is 0.148. The predicted molar refractivity (Wildman–Crippen MR) is 122 cm³/mol. The van der Waals surface area contributed by atoms with Crippen molar-refractivity contribution in [2.24, 2.45) is 0 Å². The van der Waals surface area contributed by atoms with Crippen LogP contribution in [0.4, 0.5) is 0 Å². The second kappa shape index (κ2) is 21.5. The van der Waals surface area contributed by atoms with Gasteiger partial charge in [0.05, 0.1) is 26.4 Å². The molecule has 0 atom stereocenters. The molecule has 0 amide bonds. The van der Waals surface area contributed by atoms with Crippen LogP contribution in [0, 0.1) is 0 Å². The molecular weight excluding hydrogens is 368 g/mol. The molecule has 0 saturated carbocycles. The highest BCUT2D eigenvalue weighted by molar-refractivity contribution is 6.71. The normalized spacial score (nSPS) is 12.3. The summed E-state index contributed by atoms with van der Waals surface area (Å²) in [6, 6.07) is 0. The molecule has 0 radical (unpaired) electrons. The maximum Gasteiger partial charge on any atom is 0.361 e. The second-order valence-corrected chi connectivity index (χ2v) is 10.7. The van der Waals surface area contributed by atoms with Gasteiger partial charge >= 0.3 is 8.56 Å². The highest BCUT2D eigenvalue weighted by Crippen LogP contribution is 2.14. The van der Waals surface area contributed by atoms with E-state index in [1.54, 1.807) is 14.2 Å². The Labute approximate surface area is 176 Å². The predicted octanol–water partition coefficient (Wildman–Crippen LogP) is 6.57. The van der Waals surface area contributed by atoms with Crippen LogP contribution >= 0.6 is 0 Å². The molecule has 0 rings (SSSR count). The first-order chi connectivity index (χ1) is 13.7. The highest BCUT2D eigenvalue weighted by atomic mass is 28.4. The van der Waals surface area contributed by atoms with E-state index in [4.69, 9.17) is 18.3 Å². The monoisotopic (exact) mass is 416 g/mol. The third kappa shape index (κ3) is 19.1. The fourth-order valence-electron chi connectivity index (χ4n) is 3.19. The molecular formula is C23H48O4Si. The number of ether oxygens (including phenoxy) is 2. The summed E-state index contributed by atoms with van der Waals surface area (Å²) in [5, 5.41) is 0. The molecule has 0 bridgehead atoms. The maximum absolute atomic E-state index is 5.98. The summed E-state index contributed by atoms with van der Waals surface area (Å²) in [4.78, 5) is 0. The minimum Gasteiger partial charge on any atom is -0.389 e. The highest BCUT2D eigenvalue weighted by Gasteiger charge is 2.27. The largest absolute Gasteiger partial charge is 0.389 e. The average Bonchev–Trinajstić information content (AvgIpc) is 2.69. The van der Waals surface area contributed by atoms with E-state index in [0.29, 0.717) is 26.4 Å². The van der Waals surface area contributed by atoms with Gasteiger partial charge in [-0.1, -0.05) is 83.6 Å². The van der Waals surface area contributed by atoms with Crippen LogP contribution in [-0.4, -0.2) is 49.2 Å². The molecule has 0 spiro atoms. The molecule has 0 heterocycles. The fourth-order valence-corrected chi connectivity index (χ4v) is 5.04. The second-order valence-electron chi connectivity index (χ2n) is 7.78.